The van der Waals surface area contributed by atoms with E-state index in [0.717, 1.165) is 4.31 Å². The molecule has 3 rings (SSSR count). The van der Waals surface area contributed by atoms with Crippen molar-refractivity contribution >= 4 is 27.2 Å². The molecule has 0 aromatic heterocycles. The Hall–Kier alpha value is -3.53. The first-order valence-electron chi connectivity index (χ1n) is 10.0. The maximum absolute atomic E-state index is 13.4. The van der Waals surface area contributed by atoms with Crippen molar-refractivity contribution in [2.24, 2.45) is 0 Å². The fraction of sp³-hybridized carbons (Fsp3) is 0.261. The molecule has 1 aliphatic rings. The summed E-state index contributed by atoms with van der Waals surface area (Å²) in [4.78, 5) is 12.6. The van der Waals surface area contributed by atoms with Gasteiger partial charge in [0.15, 0.2) is 16.4 Å². The summed E-state index contributed by atoms with van der Waals surface area (Å²) in [5, 5.41) is 2.58. The summed E-state index contributed by atoms with van der Waals surface area (Å²) in [5.41, 5.74) is 1.17. The van der Waals surface area contributed by atoms with Crippen LogP contribution in [0, 0.1) is 5.82 Å². The summed E-state index contributed by atoms with van der Waals surface area (Å²) in [5.74, 6) is 0.0439. The lowest BCUT2D eigenvalue weighted by Gasteiger charge is -2.32. The van der Waals surface area contributed by atoms with E-state index in [1.54, 1.807) is 19.1 Å². The molecule has 1 heterocycles. The van der Waals surface area contributed by atoms with Crippen LogP contribution in [0.1, 0.15) is 12.5 Å². The highest BCUT2D eigenvalue weighted by Gasteiger charge is 2.39. The zero-order chi connectivity index (χ0) is 24.2. The average Bonchev–Trinajstić information content (AvgIpc) is 2.79. The van der Waals surface area contributed by atoms with Gasteiger partial charge in [-0.3, -0.25) is 9.10 Å². The lowest BCUT2D eigenvalue weighted by molar-refractivity contribution is -0.116. The zero-order valence-corrected chi connectivity index (χ0v) is 19.4. The predicted molar refractivity (Wildman–Crippen MR) is 124 cm³/mol. The molecule has 2 aromatic carbocycles. The van der Waals surface area contributed by atoms with Gasteiger partial charge in [-0.25, -0.2) is 12.8 Å². The second-order valence-electron chi connectivity index (χ2n) is 7.06. The van der Waals surface area contributed by atoms with E-state index in [-0.39, 0.29) is 36.0 Å². The van der Waals surface area contributed by atoms with E-state index in [1.807, 2.05) is 0 Å². The molecule has 0 fully saturated rings. The monoisotopic (exact) mass is 476 g/mol. The number of nitrogens with zero attached hydrogens (tertiary/aromatic N) is 1. The summed E-state index contributed by atoms with van der Waals surface area (Å²) in [6.45, 7) is 5.28. The summed E-state index contributed by atoms with van der Waals surface area (Å²) in [7, 11) is -1.25. The standard InChI is InChI=1S/C23H25FN2O6S/c1-5-11-26-19-14-21(31-4)20(30-3)13-18(19)15(2)22(33(26,28)29)23(27)25-10-12-32-17-8-6-16(24)7-9-17/h5-9,13-14H,1,10-12H2,2-4H3,(H,25,27). The van der Waals surface area contributed by atoms with Crippen LogP contribution >= 0.6 is 0 Å². The Labute approximate surface area is 192 Å². The number of hydrogen-bond acceptors (Lipinski definition) is 6. The van der Waals surface area contributed by atoms with Gasteiger partial charge in [0.1, 0.15) is 18.2 Å². The Balaban J connectivity index is 1.89. The Morgan fingerprint density at radius 1 is 1.15 bits per heavy atom. The van der Waals surface area contributed by atoms with Crippen molar-refractivity contribution < 1.29 is 31.8 Å². The molecule has 33 heavy (non-hydrogen) atoms. The number of halogens is 1. The molecule has 0 bridgehead atoms. The number of rotatable bonds is 9. The number of ether oxygens (including phenoxy) is 3. The van der Waals surface area contributed by atoms with Gasteiger partial charge < -0.3 is 19.5 Å². The number of benzene rings is 2. The SMILES string of the molecule is C=CCN1c2cc(OC)c(OC)cc2C(C)=C(C(=O)NCCOc2ccc(F)cc2)S1(=O)=O. The minimum Gasteiger partial charge on any atom is -0.493 e. The van der Waals surface area contributed by atoms with E-state index < -0.39 is 15.9 Å². The zero-order valence-electron chi connectivity index (χ0n) is 18.6. The fourth-order valence-corrected chi connectivity index (χ4v) is 5.21. The number of hydrogen-bond donors (Lipinski definition) is 1. The first-order chi connectivity index (χ1) is 15.7. The fourth-order valence-electron chi connectivity index (χ4n) is 3.48. The molecule has 1 amide bonds. The minimum atomic E-state index is -4.18. The van der Waals surface area contributed by atoms with Gasteiger partial charge in [0.05, 0.1) is 33.0 Å². The van der Waals surface area contributed by atoms with E-state index in [2.05, 4.69) is 11.9 Å². The third-order valence-electron chi connectivity index (χ3n) is 5.03. The van der Waals surface area contributed by atoms with Crippen LogP contribution < -0.4 is 23.8 Å². The van der Waals surface area contributed by atoms with Crippen LogP contribution in [0.2, 0.25) is 0 Å². The number of amides is 1. The molecule has 0 radical (unpaired) electrons. The van der Waals surface area contributed by atoms with Crippen molar-refractivity contribution in [2.75, 3.05) is 38.2 Å². The first kappa shape index (κ1) is 24.1. The van der Waals surface area contributed by atoms with Crippen LogP contribution in [-0.4, -0.2) is 48.2 Å². The number of nitrogens with one attached hydrogen (secondary N) is 1. The van der Waals surface area contributed by atoms with Crippen LogP contribution in [-0.2, 0) is 14.8 Å². The molecule has 0 atom stereocenters. The Morgan fingerprint density at radius 3 is 2.39 bits per heavy atom. The van der Waals surface area contributed by atoms with Crippen molar-refractivity contribution in [3.63, 3.8) is 0 Å². The number of carbonyl (C=O) groups is 1. The summed E-state index contributed by atoms with van der Waals surface area (Å²) >= 11 is 0. The normalized spacial score (nSPS) is 14.4. The maximum atomic E-state index is 13.4. The average molecular weight is 477 g/mol. The molecule has 1 N–H and O–H groups in total. The largest absolute Gasteiger partial charge is 0.493 e. The number of sulfonamides is 1. The highest BCUT2D eigenvalue weighted by Crippen LogP contribution is 2.44. The lowest BCUT2D eigenvalue weighted by atomic mass is 10.0. The minimum absolute atomic E-state index is 0.0391. The number of anilines is 1. The molecule has 1 aliphatic heterocycles. The van der Waals surface area contributed by atoms with E-state index in [9.17, 15) is 17.6 Å². The second kappa shape index (κ2) is 9.95. The molecule has 0 saturated carbocycles. The summed E-state index contributed by atoms with van der Waals surface area (Å²) in [6.07, 6.45) is 1.44. The van der Waals surface area contributed by atoms with Gasteiger partial charge in [-0.15, -0.1) is 6.58 Å². The van der Waals surface area contributed by atoms with Gasteiger partial charge in [-0.1, -0.05) is 6.08 Å². The Kier molecular flexibility index (Phi) is 7.27. The highest BCUT2D eigenvalue weighted by atomic mass is 32.2. The van der Waals surface area contributed by atoms with Gasteiger partial charge >= 0.3 is 0 Å². The molecule has 0 unspecified atom stereocenters. The number of allylic oxidation sites excluding steroid dienone is 1. The summed E-state index contributed by atoms with van der Waals surface area (Å²) < 4.78 is 56.9. The second-order valence-corrected chi connectivity index (χ2v) is 8.86. The molecular weight excluding hydrogens is 451 g/mol. The van der Waals surface area contributed by atoms with E-state index >= 15 is 0 Å². The maximum Gasteiger partial charge on any atom is 0.270 e. The van der Waals surface area contributed by atoms with Crippen molar-refractivity contribution in [1.29, 1.82) is 0 Å². The van der Waals surface area contributed by atoms with Gasteiger partial charge in [0.25, 0.3) is 15.9 Å². The summed E-state index contributed by atoms with van der Waals surface area (Å²) in [6, 6.07) is 8.63. The first-order valence-corrected chi connectivity index (χ1v) is 11.5. The molecule has 2 aromatic rings. The lowest BCUT2D eigenvalue weighted by Crippen LogP contribution is -2.42. The molecule has 0 aliphatic carbocycles. The Morgan fingerprint density at radius 2 is 1.79 bits per heavy atom. The van der Waals surface area contributed by atoms with Gasteiger partial charge in [0, 0.05) is 11.6 Å². The number of fused-ring (bicyclic) bond motifs is 1. The number of carbonyl (C=O) groups excluding carboxylic acids is 1. The van der Waals surface area contributed by atoms with Crippen molar-refractivity contribution in [3.05, 3.63) is 65.3 Å². The van der Waals surface area contributed by atoms with Crippen molar-refractivity contribution in [1.82, 2.24) is 5.32 Å². The Bertz CT molecular complexity index is 1190. The van der Waals surface area contributed by atoms with Crippen LogP contribution in [0.15, 0.2) is 54.0 Å². The molecule has 176 valence electrons. The van der Waals surface area contributed by atoms with Crippen LogP contribution in [0.25, 0.3) is 5.57 Å². The topological polar surface area (TPSA) is 94.2 Å². The predicted octanol–water partition coefficient (Wildman–Crippen LogP) is 3.10. The van der Waals surface area contributed by atoms with E-state index in [1.165, 1.54) is 44.6 Å². The quantitative estimate of drug-likeness (QED) is 0.442. The molecular formula is C23H25FN2O6S. The highest BCUT2D eigenvalue weighted by molar-refractivity contribution is 7.97. The van der Waals surface area contributed by atoms with Crippen LogP contribution in [0.4, 0.5) is 10.1 Å². The molecule has 0 spiro atoms. The smallest absolute Gasteiger partial charge is 0.270 e. The van der Waals surface area contributed by atoms with Gasteiger partial charge in [0.2, 0.25) is 0 Å². The number of methoxy groups -OCH3 is 2. The third kappa shape index (κ3) is 4.80. The molecule has 0 saturated heterocycles. The van der Waals surface area contributed by atoms with Crippen LogP contribution in [0.3, 0.4) is 0 Å². The van der Waals surface area contributed by atoms with Crippen molar-refractivity contribution in [3.8, 4) is 17.2 Å². The third-order valence-corrected chi connectivity index (χ3v) is 6.97. The molecule has 10 heteroatoms. The van der Waals surface area contributed by atoms with Gasteiger partial charge in [-0.2, -0.15) is 0 Å². The van der Waals surface area contributed by atoms with E-state index in [4.69, 9.17) is 14.2 Å². The molecule has 8 nitrogen and oxygen atoms in total. The van der Waals surface area contributed by atoms with Crippen LogP contribution in [0.5, 0.6) is 17.2 Å². The van der Waals surface area contributed by atoms with E-state index in [0.29, 0.717) is 28.5 Å². The van der Waals surface area contributed by atoms with Crippen molar-refractivity contribution in [2.45, 2.75) is 6.92 Å². The van der Waals surface area contributed by atoms with Gasteiger partial charge in [-0.05, 0) is 42.8 Å².